The fourth-order valence-corrected chi connectivity index (χ4v) is 4.82. The molecular formula is C20H22Cl2N4O3. The maximum absolute atomic E-state index is 13.3. The van der Waals surface area contributed by atoms with E-state index in [0.29, 0.717) is 41.8 Å². The zero-order chi connectivity index (χ0) is 20.7. The lowest BCUT2D eigenvalue weighted by Gasteiger charge is -2.40. The Balaban J connectivity index is 1.55. The van der Waals surface area contributed by atoms with Crippen molar-refractivity contribution in [3.05, 3.63) is 55.9 Å². The van der Waals surface area contributed by atoms with Gasteiger partial charge in [-0.25, -0.2) is 0 Å². The lowest BCUT2D eigenvalue weighted by molar-refractivity contribution is -0.147. The van der Waals surface area contributed by atoms with Crippen LogP contribution in [0.3, 0.4) is 0 Å². The number of rotatable bonds is 2. The van der Waals surface area contributed by atoms with Gasteiger partial charge in [0.2, 0.25) is 5.43 Å². The number of fused-ring (bicyclic) bond motifs is 1. The minimum absolute atomic E-state index is 0.112. The molecule has 29 heavy (non-hydrogen) atoms. The normalized spacial score (nSPS) is 21.8. The van der Waals surface area contributed by atoms with E-state index in [9.17, 15) is 9.59 Å². The van der Waals surface area contributed by atoms with E-state index in [2.05, 4.69) is 4.98 Å². The molecule has 1 aromatic carbocycles. The number of pyridine rings is 1. The first kappa shape index (κ1) is 20.1. The molecule has 0 spiro atoms. The molecule has 2 aromatic rings. The molecule has 3 heterocycles. The molecule has 0 bridgehead atoms. The number of morpholine rings is 1. The number of carbonyl (C=O) groups is 1. The number of nitrogens with zero attached hydrogens (tertiary/aromatic N) is 2. The molecule has 1 saturated heterocycles. The monoisotopic (exact) mass is 436 g/mol. The average Bonchev–Trinajstić information content (AvgIpc) is 2.69. The van der Waals surface area contributed by atoms with E-state index in [1.165, 1.54) is 6.20 Å². The Hall–Kier alpha value is -2.22. The summed E-state index contributed by atoms with van der Waals surface area (Å²) >= 11 is 12.5. The van der Waals surface area contributed by atoms with Crippen molar-refractivity contribution in [3.8, 4) is 0 Å². The van der Waals surface area contributed by atoms with Gasteiger partial charge in [-0.1, -0.05) is 23.2 Å². The molecule has 4 rings (SSSR count). The first-order valence-corrected chi connectivity index (χ1v) is 10.2. The summed E-state index contributed by atoms with van der Waals surface area (Å²) < 4.78 is 5.77. The fraction of sp³-hybridized carbons (Fsp3) is 0.400. The first-order valence-electron chi connectivity index (χ1n) is 9.48. The fourth-order valence-electron chi connectivity index (χ4n) is 4.13. The number of benzene rings is 1. The highest BCUT2D eigenvalue weighted by Gasteiger charge is 2.36. The number of carbonyl (C=O) groups excluding carboxylic acids is 1. The highest BCUT2D eigenvalue weighted by atomic mass is 35.5. The molecule has 1 aromatic heterocycles. The number of aromatic amines is 1. The summed E-state index contributed by atoms with van der Waals surface area (Å²) in [6, 6.07) is 3.43. The zero-order valence-corrected chi connectivity index (χ0v) is 17.5. The Morgan fingerprint density at radius 1 is 1.28 bits per heavy atom. The predicted octanol–water partition coefficient (Wildman–Crippen LogP) is 2.62. The zero-order valence-electron chi connectivity index (χ0n) is 16.0. The summed E-state index contributed by atoms with van der Waals surface area (Å²) in [4.78, 5) is 32.1. The molecule has 3 N–H and O–H groups in total. The van der Waals surface area contributed by atoms with Crippen LogP contribution in [0.2, 0.25) is 10.0 Å². The van der Waals surface area contributed by atoms with Gasteiger partial charge in [-0.15, -0.1) is 0 Å². The Labute approximate surface area is 178 Å². The largest absolute Gasteiger partial charge is 0.394 e. The number of H-pyrrole nitrogens is 1. The number of nitrogen functional groups attached to an aromatic ring is 1. The summed E-state index contributed by atoms with van der Waals surface area (Å²) in [5, 5.41) is 1.16. The number of aromatic nitrogens is 1. The van der Waals surface area contributed by atoms with Crippen molar-refractivity contribution in [1.82, 2.24) is 9.88 Å². The molecule has 1 amide bonds. The summed E-state index contributed by atoms with van der Waals surface area (Å²) in [6.07, 6.45) is 3.07. The molecule has 9 heteroatoms. The third kappa shape index (κ3) is 3.70. The Kier molecular flexibility index (Phi) is 5.46. The van der Waals surface area contributed by atoms with E-state index in [-0.39, 0.29) is 29.6 Å². The van der Waals surface area contributed by atoms with E-state index in [1.807, 2.05) is 17.9 Å². The number of halogens is 2. The number of amides is 1. The van der Waals surface area contributed by atoms with Crippen LogP contribution in [0.15, 0.2) is 29.3 Å². The Morgan fingerprint density at radius 2 is 2.07 bits per heavy atom. The maximum Gasteiger partial charge on any atom is 0.254 e. The van der Waals surface area contributed by atoms with Crippen LogP contribution in [0.1, 0.15) is 24.1 Å². The van der Waals surface area contributed by atoms with Crippen LogP contribution < -0.4 is 16.1 Å². The highest BCUT2D eigenvalue weighted by Crippen LogP contribution is 2.37. The van der Waals surface area contributed by atoms with Gasteiger partial charge in [0.05, 0.1) is 24.9 Å². The first-order chi connectivity index (χ1) is 13.9. The van der Waals surface area contributed by atoms with Gasteiger partial charge in [-0.3, -0.25) is 9.59 Å². The third-order valence-electron chi connectivity index (χ3n) is 5.61. The van der Waals surface area contributed by atoms with Gasteiger partial charge in [-0.05, 0) is 36.6 Å². The highest BCUT2D eigenvalue weighted by molar-refractivity contribution is 6.35. The maximum atomic E-state index is 13.3. The number of hydrogen-bond donors (Lipinski definition) is 2. The second-order valence-electron chi connectivity index (χ2n) is 7.35. The second-order valence-corrected chi connectivity index (χ2v) is 8.19. The van der Waals surface area contributed by atoms with Crippen LogP contribution >= 0.6 is 23.2 Å². The van der Waals surface area contributed by atoms with Gasteiger partial charge >= 0.3 is 0 Å². The lowest BCUT2D eigenvalue weighted by atomic mass is 9.93. The molecule has 2 aliphatic rings. The summed E-state index contributed by atoms with van der Waals surface area (Å²) in [5.74, 6) is -0.112. The van der Waals surface area contributed by atoms with Crippen LogP contribution in [0.4, 0.5) is 11.4 Å². The van der Waals surface area contributed by atoms with E-state index >= 15 is 0 Å². The van der Waals surface area contributed by atoms with Crippen molar-refractivity contribution in [3.63, 3.8) is 0 Å². The van der Waals surface area contributed by atoms with E-state index < -0.39 is 6.10 Å². The van der Waals surface area contributed by atoms with Crippen LogP contribution in [0.25, 0.3) is 0 Å². The van der Waals surface area contributed by atoms with Crippen molar-refractivity contribution < 1.29 is 9.53 Å². The molecule has 0 unspecified atom stereocenters. The number of nitrogens with two attached hydrogens (primary N) is 1. The molecule has 154 valence electrons. The van der Waals surface area contributed by atoms with Crippen LogP contribution in [0, 0.1) is 0 Å². The SMILES string of the molecule is C[C@H]1c2c(Cl)cc(Cl)cc2CCN1C(=O)[C@H]1CN(c2c[nH]cc(N)c2=O)CCO1. The molecule has 0 saturated carbocycles. The van der Waals surface area contributed by atoms with Crippen molar-refractivity contribution in [1.29, 1.82) is 0 Å². The number of anilines is 2. The van der Waals surface area contributed by atoms with E-state index in [4.69, 9.17) is 33.7 Å². The summed E-state index contributed by atoms with van der Waals surface area (Å²) in [7, 11) is 0. The van der Waals surface area contributed by atoms with Crippen molar-refractivity contribution in [2.24, 2.45) is 0 Å². The van der Waals surface area contributed by atoms with Crippen LogP contribution in [0.5, 0.6) is 0 Å². The lowest BCUT2D eigenvalue weighted by Crippen LogP contribution is -2.53. The quantitative estimate of drug-likeness (QED) is 0.754. The molecule has 1 fully saturated rings. The predicted molar refractivity (Wildman–Crippen MR) is 114 cm³/mol. The van der Waals surface area contributed by atoms with Crippen LogP contribution in [-0.2, 0) is 16.0 Å². The standard InChI is InChI=1S/C20H22Cl2N4O3/c1-11-18-12(6-13(21)7-14(18)22)2-3-26(11)20(28)17-10-25(4-5-29-17)16-9-24-8-15(23)19(16)27/h6-9,11,17H,2-5,10,23H2,1H3,(H,24,27)/t11-,17+/m0/s1. The van der Waals surface area contributed by atoms with Crippen molar-refractivity contribution in [2.75, 3.05) is 36.9 Å². The molecular weight excluding hydrogens is 415 g/mol. The van der Waals surface area contributed by atoms with Gasteiger partial charge in [-0.2, -0.15) is 0 Å². The van der Waals surface area contributed by atoms with Crippen molar-refractivity contribution >= 4 is 40.5 Å². The summed E-state index contributed by atoms with van der Waals surface area (Å²) in [6.45, 7) is 3.66. The second kappa shape index (κ2) is 7.89. The summed E-state index contributed by atoms with van der Waals surface area (Å²) in [5.41, 5.74) is 8.06. The molecule has 0 aliphatic carbocycles. The Morgan fingerprint density at radius 3 is 2.86 bits per heavy atom. The van der Waals surface area contributed by atoms with Gasteiger partial charge in [0.1, 0.15) is 5.69 Å². The molecule has 0 radical (unpaired) electrons. The minimum Gasteiger partial charge on any atom is -0.394 e. The topological polar surface area (TPSA) is 91.7 Å². The molecule has 2 atom stereocenters. The average molecular weight is 437 g/mol. The Bertz CT molecular complexity index is 1010. The minimum atomic E-state index is -0.667. The third-order valence-corrected chi connectivity index (χ3v) is 6.14. The van der Waals surface area contributed by atoms with Gasteiger partial charge in [0.25, 0.3) is 5.91 Å². The number of nitrogens with one attached hydrogen (secondary N) is 1. The molecule has 7 nitrogen and oxygen atoms in total. The smallest absolute Gasteiger partial charge is 0.254 e. The van der Waals surface area contributed by atoms with E-state index in [1.54, 1.807) is 17.2 Å². The van der Waals surface area contributed by atoms with E-state index in [0.717, 1.165) is 11.1 Å². The molecule has 2 aliphatic heterocycles. The van der Waals surface area contributed by atoms with Crippen molar-refractivity contribution in [2.45, 2.75) is 25.5 Å². The van der Waals surface area contributed by atoms with Crippen LogP contribution in [-0.4, -0.2) is 48.1 Å². The van der Waals surface area contributed by atoms with Gasteiger partial charge < -0.3 is 25.3 Å². The number of ether oxygens (including phenoxy) is 1. The number of hydrogen-bond acceptors (Lipinski definition) is 5. The van der Waals surface area contributed by atoms with Gasteiger partial charge in [0.15, 0.2) is 6.10 Å². The van der Waals surface area contributed by atoms with Gasteiger partial charge in [0, 0.05) is 35.5 Å².